The van der Waals surface area contributed by atoms with E-state index in [0.717, 1.165) is 18.9 Å². The molecular weight excluding hydrogens is 438 g/mol. The monoisotopic (exact) mass is 467 g/mol. The molecular formula is C21H29N3O7S. The van der Waals surface area contributed by atoms with Gasteiger partial charge in [0.15, 0.2) is 6.29 Å². The zero-order valence-electron chi connectivity index (χ0n) is 18.1. The highest BCUT2D eigenvalue weighted by Gasteiger charge is 2.37. The van der Waals surface area contributed by atoms with Crippen molar-refractivity contribution in [3.05, 3.63) is 33.9 Å². The fraction of sp³-hybridized carbons (Fsp3) is 0.667. The minimum atomic E-state index is -3.86. The molecule has 1 aromatic carbocycles. The Labute approximate surface area is 187 Å². The number of nitro benzene ring substituents is 1. The van der Waals surface area contributed by atoms with Crippen LogP contribution in [0.4, 0.5) is 5.69 Å². The molecule has 4 rings (SSSR count). The second-order valence-electron chi connectivity index (χ2n) is 8.66. The Morgan fingerprint density at radius 3 is 2.28 bits per heavy atom. The molecule has 3 aliphatic rings. The van der Waals surface area contributed by atoms with Gasteiger partial charge in [-0.1, -0.05) is 6.07 Å². The molecule has 0 saturated carbocycles. The summed E-state index contributed by atoms with van der Waals surface area (Å²) in [7, 11) is -3.86. The summed E-state index contributed by atoms with van der Waals surface area (Å²) in [6.45, 7) is 4.65. The van der Waals surface area contributed by atoms with Crippen LogP contribution >= 0.6 is 0 Å². The number of nitrogens with zero attached hydrogens (tertiary/aromatic N) is 3. The molecule has 1 amide bonds. The van der Waals surface area contributed by atoms with Crippen LogP contribution in [0.2, 0.25) is 0 Å². The molecule has 0 radical (unpaired) electrons. The molecule has 11 heteroatoms. The SMILES string of the molecule is Cc1ccc([N+](=O)[O-])cc1S(=O)(=O)N1CCC(C(=O)N2CCC(C3OCCO3)CC2)CC1. The lowest BCUT2D eigenvalue weighted by molar-refractivity contribution is -0.385. The van der Waals surface area contributed by atoms with Gasteiger partial charge in [-0.15, -0.1) is 0 Å². The van der Waals surface area contributed by atoms with Crippen LogP contribution in [-0.4, -0.2) is 74.1 Å². The Morgan fingerprint density at radius 1 is 1.06 bits per heavy atom. The summed E-state index contributed by atoms with van der Waals surface area (Å²) < 4.78 is 38.7. The van der Waals surface area contributed by atoms with Gasteiger partial charge in [-0.2, -0.15) is 4.31 Å². The maximum atomic E-state index is 13.1. The molecule has 1 aromatic rings. The Bertz CT molecular complexity index is 962. The van der Waals surface area contributed by atoms with Crippen molar-refractivity contribution in [3.63, 3.8) is 0 Å². The first-order chi connectivity index (χ1) is 15.3. The third-order valence-electron chi connectivity index (χ3n) is 6.69. The highest BCUT2D eigenvalue weighted by Crippen LogP contribution is 2.31. The quantitative estimate of drug-likeness (QED) is 0.479. The second kappa shape index (κ2) is 9.42. The summed E-state index contributed by atoms with van der Waals surface area (Å²) in [5, 5.41) is 11.1. The number of piperidine rings is 2. The van der Waals surface area contributed by atoms with Crippen molar-refractivity contribution >= 4 is 21.6 Å². The van der Waals surface area contributed by atoms with Crippen LogP contribution in [0.3, 0.4) is 0 Å². The maximum Gasteiger partial charge on any atom is 0.270 e. The summed E-state index contributed by atoms with van der Waals surface area (Å²) in [5.41, 5.74) is 0.211. The van der Waals surface area contributed by atoms with E-state index in [9.17, 15) is 23.3 Å². The standard InChI is InChI=1S/C21H29N3O7S/c1-15-2-3-18(24(26)27)14-19(15)32(28,29)23-10-6-16(7-11-23)20(25)22-8-4-17(5-9-22)21-30-12-13-31-21/h2-3,14,16-17,21H,4-13H2,1H3. The predicted molar refractivity (Wildman–Crippen MR) is 114 cm³/mol. The number of sulfonamides is 1. The van der Waals surface area contributed by atoms with Crippen molar-refractivity contribution in [1.29, 1.82) is 0 Å². The highest BCUT2D eigenvalue weighted by molar-refractivity contribution is 7.89. The number of carbonyl (C=O) groups is 1. The smallest absolute Gasteiger partial charge is 0.270 e. The van der Waals surface area contributed by atoms with Gasteiger partial charge in [-0.05, 0) is 38.2 Å². The van der Waals surface area contributed by atoms with Crippen LogP contribution in [0.25, 0.3) is 0 Å². The van der Waals surface area contributed by atoms with E-state index in [0.29, 0.717) is 50.6 Å². The zero-order valence-corrected chi connectivity index (χ0v) is 19.0. The van der Waals surface area contributed by atoms with Gasteiger partial charge in [0.05, 0.1) is 23.0 Å². The van der Waals surface area contributed by atoms with E-state index in [1.54, 1.807) is 6.92 Å². The molecule has 3 heterocycles. The van der Waals surface area contributed by atoms with E-state index in [2.05, 4.69) is 0 Å². The minimum Gasteiger partial charge on any atom is -0.350 e. The summed E-state index contributed by atoms with van der Waals surface area (Å²) in [5.74, 6) is 0.190. The van der Waals surface area contributed by atoms with Crippen molar-refractivity contribution < 1.29 is 27.6 Å². The second-order valence-corrected chi connectivity index (χ2v) is 10.6. The average Bonchev–Trinajstić information content (AvgIpc) is 3.34. The van der Waals surface area contributed by atoms with Gasteiger partial charge in [-0.3, -0.25) is 14.9 Å². The zero-order chi connectivity index (χ0) is 22.9. The number of likely N-dealkylation sites (tertiary alicyclic amines) is 1. The van der Waals surface area contributed by atoms with E-state index in [4.69, 9.17) is 9.47 Å². The summed E-state index contributed by atoms with van der Waals surface area (Å²) in [6, 6.07) is 3.86. The van der Waals surface area contributed by atoms with E-state index in [-0.39, 0.29) is 41.8 Å². The summed E-state index contributed by atoms with van der Waals surface area (Å²) in [6.07, 6.45) is 2.42. The lowest BCUT2D eigenvalue weighted by Crippen LogP contribution is -2.47. The number of aryl methyl sites for hydroxylation is 1. The Balaban J connectivity index is 1.34. The third kappa shape index (κ3) is 4.66. The van der Waals surface area contributed by atoms with E-state index in [1.807, 2.05) is 4.90 Å². The predicted octanol–water partition coefficient (Wildman–Crippen LogP) is 1.92. The van der Waals surface area contributed by atoms with Crippen LogP contribution in [-0.2, 0) is 24.3 Å². The van der Waals surface area contributed by atoms with Crippen LogP contribution < -0.4 is 0 Å². The summed E-state index contributed by atoms with van der Waals surface area (Å²) in [4.78, 5) is 25.3. The van der Waals surface area contributed by atoms with Crippen molar-refractivity contribution in [1.82, 2.24) is 9.21 Å². The Morgan fingerprint density at radius 2 is 1.69 bits per heavy atom. The lowest BCUT2D eigenvalue weighted by atomic mass is 9.92. The Hall–Kier alpha value is -2.08. The molecule has 176 valence electrons. The number of benzene rings is 1. The van der Waals surface area contributed by atoms with Crippen molar-refractivity contribution in [3.8, 4) is 0 Å². The van der Waals surface area contributed by atoms with Gasteiger partial charge in [0.1, 0.15) is 0 Å². The number of ether oxygens (including phenoxy) is 2. The average molecular weight is 468 g/mol. The molecule has 32 heavy (non-hydrogen) atoms. The highest BCUT2D eigenvalue weighted by atomic mass is 32.2. The number of carbonyl (C=O) groups excluding carboxylic acids is 1. The number of nitro groups is 1. The van der Waals surface area contributed by atoms with Crippen LogP contribution in [0.5, 0.6) is 0 Å². The van der Waals surface area contributed by atoms with Gasteiger partial charge in [0.2, 0.25) is 15.9 Å². The maximum absolute atomic E-state index is 13.1. The molecule has 0 unspecified atom stereocenters. The lowest BCUT2D eigenvalue weighted by Gasteiger charge is -2.37. The minimum absolute atomic E-state index is 0.0464. The summed E-state index contributed by atoms with van der Waals surface area (Å²) >= 11 is 0. The molecule has 10 nitrogen and oxygen atoms in total. The van der Waals surface area contributed by atoms with E-state index >= 15 is 0 Å². The number of rotatable bonds is 5. The first-order valence-corrected chi connectivity index (χ1v) is 12.5. The number of hydrogen-bond acceptors (Lipinski definition) is 7. The fourth-order valence-electron chi connectivity index (χ4n) is 4.76. The third-order valence-corrected chi connectivity index (χ3v) is 8.73. The van der Waals surface area contributed by atoms with Gasteiger partial charge in [-0.25, -0.2) is 8.42 Å². The molecule has 0 spiro atoms. The number of hydrogen-bond donors (Lipinski definition) is 0. The number of non-ortho nitro benzene ring substituents is 1. The molecule has 0 N–H and O–H groups in total. The first-order valence-electron chi connectivity index (χ1n) is 11.0. The van der Waals surface area contributed by atoms with Gasteiger partial charge < -0.3 is 14.4 Å². The molecule has 0 aromatic heterocycles. The normalized spacial score (nSPS) is 22.3. The first kappa shape index (κ1) is 23.1. The molecule has 0 bridgehead atoms. The van der Waals surface area contributed by atoms with E-state index < -0.39 is 14.9 Å². The molecule has 0 aliphatic carbocycles. The van der Waals surface area contributed by atoms with Gasteiger partial charge >= 0.3 is 0 Å². The Kier molecular flexibility index (Phi) is 6.80. The van der Waals surface area contributed by atoms with Crippen molar-refractivity contribution in [2.45, 2.75) is 43.8 Å². The van der Waals surface area contributed by atoms with Crippen molar-refractivity contribution in [2.24, 2.45) is 11.8 Å². The van der Waals surface area contributed by atoms with Crippen LogP contribution in [0.15, 0.2) is 23.1 Å². The number of amides is 1. The fourth-order valence-corrected chi connectivity index (χ4v) is 6.48. The van der Waals surface area contributed by atoms with E-state index in [1.165, 1.54) is 16.4 Å². The van der Waals surface area contributed by atoms with Gasteiger partial charge in [0, 0.05) is 50.1 Å². The molecule has 0 atom stereocenters. The topological polar surface area (TPSA) is 119 Å². The molecule has 3 fully saturated rings. The van der Waals surface area contributed by atoms with Crippen LogP contribution in [0, 0.1) is 28.9 Å². The molecule has 3 aliphatic heterocycles. The van der Waals surface area contributed by atoms with Crippen LogP contribution in [0.1, 0.15) is 31.2 Å². The molecule has 3 saturated heterocycles. The van der Waals surface area contributed by atoms with Crippen molar-refractivity contribution in [2.75, 3.05) is 39.4 Å². The largest absolute Gasteiger partial charge is 0.350 e. The van der Waals surface area contributed by atoms with Gasteiger partial charge in [0.25, 0.3) is 5.69 Å².